The number of nitrogens with one attached hydrogen (secondary N) is 1. The molecule has 5 rings (SSSR count). The number of para-hydroxylation sites is 1. The summed E-state index contributed by atoms with van der Waals surface area (Å²) in [7, 11) is 0. The first kappa shape index (κ1) is 20.4. The fourth-order valence-corrected chi connectivity index (χ4v) is 4.66. The highest BCUT2D eigenvalue weighted by Gasteiger charge is 2.33. The van der Waals surface area contributed by atoms with Gasteiger partial charge in [0.1, 0.15) is 11.9 Å². The fraction of sp³-hybridized carbons (Fsp3) is 0.360. The van der Waals surface area contributed by atoms with E-state index in [2.05, 4.69) is 5.32 Å². The van der Waals surface area contributed by atoms with Gasteiger partial charge in [-0.2, -0.15) is 0 Å². The molecule has 1 aromatic heterocycles. The van der Waals surface area contributed by atoms with Crippen LogP contribution < -0.4 is 15.8 Å². The summed E-state index contributed by atoms with van der Waals surface area (Å²) >= 11 is 0. The molecule has 7 heteroatoms. The lowest BCUT2D eigenvalue weighted by Gasteiger charge is -2.17. The molecule has 1 saturated heterocycles. The van der Waals surface area contributed by atoms with Crippen LogP contribution in [-0.2, 0) is 17.8 Å². The van der Waals surface area contributed by atoms with Crippen molar-refractivity contribution in [3.63, 3.8) is 0 Å². The molecule has 3 heterocycles. The third-order valence-electron chi connectivity index (χ3n) is 6.41. The summed E-state index contributed by atoms with van der Waals surface area (Å²) in [5, 5.41) is 3.39. The molecule has 2 aliphatic rings. The Morgan fingerprint density at radius 2 is 1.78 bits per heavy atom. The van der Waals surface area contributed by atoms with Crippen LogP contribution in [0.5, 0.6) is 0 Å². The molecule has 0 radical (unpaired) electrons. The van der Waals surface area contributed by atoms with E-state index in [1.165, 1.54) is 0 Å². The minimum absolute atomic E-state index is 0.0386. The van der Waals surface area contributed by atoms with E-state index >= 15 is 0 Å². The van der Waals surface area contributed by atoms with Crippen molar-refractivity contribution in [1.29, 1.82) is 0 Å². The number of nitrogens with zero attached hydrogens (tertiary/aromatic N) is 3. The van der Waals surface area contributed by atoms with Crippen molar-refractivity contribution in [1.82, 2.24) is 14.9 Å². The first-order chi connectivity index (χ1) is 15.6. The smallest absolute Gasteiger partial charge is 0.261 e. The Labute approximate surface area is 186 Å². The second kappa shape index (κ2) is 8.57. The van der Waals surface area contributed by atoms with Crippen LogP contribution in [0.25, 0.3) is 10.9 Å². The molecular weight excluding hydrogens is 404 g/mol. The molecule has 0 saturated carbocycles. The van der Waals surface area contributed by atoms with Crippen molar-refractivity contribution < 1.29 is 9.59 Å². The van der Waals surface area contributed by atoms with Gasteiger partial charge in [-0.05, 0) is 49.6 Å². The van der Waals surface area contributed by atoms with Gasteiger partial charge in [-0.15, -0.1) is 0 Å². The van der Waals surface area contributed by atoms with E-state index in [0.717, 1.165) is 43.6 Å². The number of benzene rings is 2. The molecule has 164 valence electrons. The van der Waals surface area contributed by atoms with E-state index in [1.807, 2.05) is 30.3 Å². The van der Waals surface area contributed by atoms with Gasteiger partial charge in [0.05, 0.1) is 10.9 Å². The van der Waals surface area contributed by atoms with Crippen LogP contribution in [0.4, 0.5) is 5.69 Å². The summed E-state index contributed by atoms with van der Waals surface area (Å²) < 4.78 is 1.79. The van der Waals surface area contributed by atoms with Gasteiger partial charge in [0.2, 0.25) is 5.91 Å². The maximum atomic E-state index is 13.0. The average molecular weight is 431 g/mol. The zero-order valence-electron chi connectivity index (χ0n) is 17.9. The van der Waals surface area contributed by atoms with Crippen molar-refractivity contribution in [3.8, 4) is 0 Å². The van der Waals surface area contributed by atoms with E-state index < -0.39 is 6.04 Å². The number of hydrogen-bond donors (Lipinski definition) is 1. The van der Waals surface area contributed by atoms with Crippen LogP contribution in [0.15, 0.2) is 53.3 Å². The number of hydrogen-bond acceptors (Lipinski definition) is 4. The Morgan fingerprint density at radius 3 is 2.62 bits per heavy atom. The van der Waals surface area contributed by atoms with E-state index in [9.17, 15) is 14.4 Å². The fourth-order valence-electron chi connectivity index (χ4n) is 4.66. The molecule has 1 atom stereocenters. The van der Waals surface area contributed by atoms with Gasteiger partial charge in [0.25, 0.3) is 11.5 Å². The summed E-state index contributed by atoms with van der Waals surface area (Å²) in [5.74, 6) is 0.362. The molecule has 1 N–H and O–H groups in total. The summed E-state index contributed by atoms with van der Waals surface area (Å²) in [4.78, 5) is 45.1. The first-order valence-electron chi connectivity index (χ1n) is 11.3. The molecule has 1 unspecified atom stereocenters. The molecule has 2 amide bonds. The monoisotopic (exact) mass is 430 g/mol. The number of amides is 2. The van der Waals surface area contributed by atoms with Crippen LogP contribution in [0.2, 0.25) is 0 Å². The summed E-state index contributed by atoms with van der Waals surface area (Å²) in [5.41, 5.74) is 1.74. The summed E-state index contributed by atoms with van der Waals surface area (Å²) in [6.07, 6.45) is 5.60. The lowest BCUT2D eigenvalue weighted by Crippen LogP contribution is -2.41. The third kappa shape index (κ3) is 3.79. The molecule has 2 aliphatic heterocycles. The van der Waals surface area contributed by atoms with Crippen LogP contribution >= 0.6 is 0 Å². The van der Waals surface area contributed by atoms with Gasteiger partial charge in [-0.25, -0.2) is 4.98 Å². The Balaban J connectivity index is 1.38. The normalized spacial score (nSPS) is 18.8. The molecule has 0 spiro atoms. The molecule has 1 fully saturated rings. The highest BCUT2D eigenvalue weighted by atomic mass is 16.2. The number of carbonyl (C=O) groups is 2. The number of aromatic nitrogens is 2. The Bertz CT molecular complexity index is 1240. The standard InChI is InChI=1S/C25H26N4O3/c30-23(27-20-13-15-28(25(20)32)18-8-4-3-5-9-18)17-11-12-19-21(16-17)26-22-10-6-1-2-7-14-29(22)24(19)31/h3-5,8-9,11-12,16,20H,1-2,6-7,10,13-15H2,(H,27,30). The van der Waals surface area contributed by atoms with Crippen molar-refractivity contribution in [2.24, 2.45) is 0 Å². The molecule has 3 aromatic rings. The van der Waals surface area contributed by atoms with Gasteiger partial charge in [0.15, 0.2) is 0 Å². The summed E-state index contributed by atoms with van der Waals surface area (Å²) in [6, 6.07) is 13.9. The van der Waals surface area contributed by atoms with Gasteiger partial charge in [0, 0.05) is 30.8 Å². The van der Waals surface area contributed by atoms with Crippen LogP contribution in [-0.4, -0.2) is 34.0 Å². The maximum Gasteiger partial charge on any atom is 0.261 e. The number of fused-ring (bicyclic) bond motifs is 2. The van der Waals surface area contributed by atoms with Crippen molar-refractivity contribution in [2.75, 3.05) is 11.4 Å². The molecule has 0 aliphatic carbocycles. The second-order valence-electron chi connectivity index (χ2n) is 8.52. The van der Waals surface area contributed by atoms with E-state index in [1.54, 1.807) is 27.7 Å². The van der Waals surface area contributed by atoms with E-state index in [4.69, 9.17) is 4.98 Å². The quantitative estimate of drug-likeness (QED) is 0.692. The number of aryl methyl sites for hydroxylation is 1. The molecule has 7 nitrogen and oxygen atoms in total. The van der Waals surface area contributed by atoms with Gasteiger partial charge in [-0.3, -0.25) is 19.0 Å². The minimum atomic E-state index is -0.562. The average Bonchev–Trinajstić information content (AvgIpc) is 3.15. The second-order valence-corrected chi connectivity index (χ2v) is 8.52. The summed E-state index contributed by atoms with van der Waals surface area (Å²) in [6.45, 7) is 1.26. The predicted octanol–water partition coefficient (Wildman–Crippen LogP) is 3.05. The van der Waals surface area contributed by atoms with Gasteiger partial charge >= 0.3 is 0 Å². The van der Waals surface area contributed by atoms with Crippen LogP contribution in [0.3, 0.4) is 0 Å². The van der Waals surface area contributed by atoms with Crippen LogP contribution in [0, 0.1) is 0 Å². The van der Waals surface area contributed by atoms with Crippen molar-refractivity contribution in [3.05, 3.63) is 70.3 Å². The SMILES string of the molecule is O=C(NC1CCN(c2ccccc2)C1=O)c1ccc2c(=O)n3c(nc2c1)CCCCCC3. The van der Waals surface area contributed by atoms with Gasteiger partial charge in [-0.1, -0.05) is 31.0 Å². The van der Waals surface area contributed by atoms with Crippen LogP contribution in [0.1, 0.15) is 48.3 Å². The van der Waals surface area contributed by atoms with Crippen molar-refractivity contribution >= 4 is 28.4 Å². The molecule has 0 bridgehead atoms. The lowest BCUT2D eigenvalue weighted by atomic mass is 10.1. The van der Waals surface area contributed by atoms with E-state index in [0.29, 0.717) is 36.0 Å². The highest BCUT2D eigenvalue weighted by molar-refractivity contribution is 6.04. The zero-order chi connectivity index (χ0) is 22.1. The lowest BCUT2D eigenvalue weighted by molar-refractivity contribution is -0.118. The number of carbonyl (C=O) groups excluding carboxylic acids is 2. The zero-order valence-corrected chi connectivity index (χ0v) is 17.9. The molecule has 32 heavy (non-hydrogen) atoms. The third-order valence-corrected chi connectivity index (χ3v) is 6.41. The van der Waals surface area contributed by atoms with Gasteiger partial charge < -0.3 is 10.2 Å². The minimum Gasteiger partial charge on any atom is -0.340 e. The predicted molar refractivity (Wildman–Crippen MR) is 123 cm³/mol. The topological polar surface area (TPSA) is 84.3 Å². The van der Waals surface area contributed by atoms with E-state index in [-0.39, 0.29) is 17.4 Å². The largest absolute Gasteiger partial charge is 0.340 e. The maximum absolute atomic E-state index is 13.0. The molecular formula is C25H26N4O3. The Morgan fingerprint density at radius 1 is 0.969 bits per heavy atom. The highest BCUT2D eigenvalue weighted by Crippen LogP contribution is 2.22. The number of anilines is 1. The number of rotatable bonds is 3. The first-order valence-corrected chi connectivity index (χ1v) is 11.3. The van der Waals surface area contributed by atoms with Crippen molar-refractivity contribution in [2.45, 2.75) is 51.1 Å². The Hall–Kier alpha value is -3.48. The Kier molecular flexibility index (Phi) is 5.47. The molecule has 2 aromatic carbocycles.